The third-order valence-corrected chi connectivity index (χ3v) is 5.27. The summed E-state index contributed by atoms with van der Waals surface area (Å²) >= 11 is 0. The van der Waals surface area contributed by atoms with Crippen molar-refractivity contribution in [3.63, 3.8) is 0 Å². The molecule has 2 amide bonds. The Morgan fingerprint density at radius 1 is 1.04 bits per heavy atom. The van der Waals surface area contributed by atoms with Gasteiger partial charge < -0.3 is 15.5 Å². The minimum atomic E-state index is -0.300. The van der Waals surface area contributed by atoms with Gasteiger partial charge in [-0.05, 0) is 61.6 Å². The largest absolute Gasteiger partial charge is 0.371 e. The van der Waals surface area contributed by atoms with Gasteiger partial charge in [-0.25, -0.2) is 4.39 Å². The average Bonchev–Trinajstić information content (AvgIpc) is 3.42. The molecule has 0 unspecified atom stereocenters. The molecule has 0 bridgehead atoms. The van der Waals surface area contributed by atoms with Gasteiger partial charge in [-0.3, -0.25) is 9.59 Å². The summed E-state index contributed by atoms with van der Waals surface area (Å²) in [6.07, 6.45) is 4.08. The Hall–Kier alpha value is -2.89. The Morgan fingerprint density at radius 2 is 1.75 bits per heavy atom. The summed E-state index contributed by atoms with van der Waals surface area (Å²) in [7, 11) is 0. The zero-order valence-corrected chi connectivity index (χ0v) is 15.7. The molecule has 6 heteroatoms. The Balaban J connectivity index is 1.53. The van der Waals surface area contributed by atoms with Gasteiger partial charge in [0.1, 0.15) is 5.82 Å². The van der Waals surface area contributed by atoms with Crippen molar-refractivity contribution in [3.05, 3.63) is 59.4 Å². The fraction of sp³-hybridized carbons (Fsp3) is 0.364. The lowest BCUT2D eigenvalue weighted by Gasteiger charge is -2.22. The topological polar surface area (TPSA) is 61.4 Å². The second-order valence-electron chi connectivity index (χ2n) is 7.50. The maximum atomic E-state index is 13.1. The lowest BCUT2D eigenvalue weighted by Crippen LogP contribution is -2.27. The van der Waals surface area contributed by atoms with Crippen molar-refractivity contribution < 1.29 is 14.0 Å². The highest BCUT2D eigenvalue weighted by Crippen LogP contribution is 2.32. The highest BCUT2D eigenvalue weighted by molar-refractivity contribution is 6.02. The fourth-order valence-corrected chi connectivity index (χ4v) is 3.50. The summed E-state index contributed by atoms with van der Waals surface area (Å²) in [4.78, 5) is 27.2. The summed E-state index contributed by atoms with van der Waals surface area (Å²) < 4.78 is 13.1. The SMILES string of the molecule is O=C(NCc1ccc(F)cc1)c1cc(NC(=O)C2CC2)ccc1N1CCCC1. The molecule has 1 heterocycles. The van der Waals surface area contributed by atoms with E-state index in [0.29, 0.717) is 17.8 Å². The van der Waals surface area contributed by atoms with Gasteiger partial charge in [-0.15, -0.1) is 0 Å². The van der Waals surface area contributed by atoms with E-state index < -0.39 is 0 Å². The lowest BCUT2D eigenvalue weighted by molar-refractivity contribution is -0.117. The van der Waals surface area contributed by atoms with E-state index in [9.17, 15) is 14.0 Å². The van der Waals surface area contributed by atoms with Crippen molar-refractivity contribution in [2.75, 3.05) is 23.3 Å². The Labute approximate surface area is 163 Å². The summed E-state index contributed by atoms with van der Waals surface area (Å²) in [6, 6.07) is 11.6. The quantitative estimate of drug-likeness (QED) is 0.802. The van der Waals surface area contributed by atoms with E-state index in [1.807, 2.05) is 12.1 Å². The number of hydrogen-bond donors (Lipinski definition) is 2. The summed E-state index contributed by atoms with van der Waals surface area (Å²) in [5.74, 6) is -0.375. The number of hydrogen-bond acceptors (Lipinski definition) is 3. The summed E-state index contributed by atoms with van der Waals surface area (Å²) in [5, 5.41) is 5.83. The van der Waals surface area contributed by atoms with Crippen LogP contribution in [0.3, 0.4) is 0 Å². The number of nitrogens with one attached hydrogen (secondary N) is 2. The normalized spacial score (nSPS) is 16.1. The molecule has 1 aliphatic carbocycles. The van der Waals surface area contributed by atoms with Crippen LogP contribution in [0.5, 0.6) is 0 Å². The Morgan fingerprint density at radius 3 is 2.43 bits per heavy atom. The number of halogens is 1. The van der Waals surface area contributed by atoms with Gasteiger partial charge in [0.25, 0.3) is 5.91 Å². The minimum Gasteiger partial charge on any atom is -0.371 e. The van der Waals surface area contributed by atoms with Crippen molar-refractivity contribution in [1.82, 2.24) is 5.32 Å². The number of nitrogens with zero attached hydrogens (tertiary/aromatic N) is 1. The zero-order chi connectivity index (χ0) is 19.5. The molecule has 5 nitrogen and oxygen atoms in total. The van der Waals surface area contributed by atoms with E-state index in [1.165, 1.54) is 12.1 Å². The van der Waals surface area contributed by atoms with Gasteiger partial charge in [0.2, 0.25) is 5.91 Å². The van der Waals surface area contributed by atoms with Crippen LogP contribution in [-0.4, -0.2) is 24.9 Å². The van der Waals surface area contributed by atoms with Crippen LogP contribution in [0.2, 0.25) is 0 Å². The molecule has 2 N–H and O–H groups in total. The molecule has 0 spiro atoms. The molecule has 1 aliphatic heterocycles. The predicted octanol–water partition coefficient (Wildman–Crippen LogP) is 3.70. The summed E-state index contributed by atoms with van der Waals surface area (Å²) in [6.45, 7) is 2.16. The molecule has 0 radical (unpaired) electrons. The van der Waals surface area contributed by atoms with E-state index in [1.54, 1.807) is 18.2 Å². The first-order chi connectivity index (χ1) is 13.6. The zero-order valence-electron chi connectivity index (χ0n) is 15.7. The number of rotatable bonds is 6. The molecule has 2 aromatic rings. The van der Waals surface area contributed by atoms with Crippen molar-refractivity contribution >= 4 is 23.2 Å². The van der Waals surface area contributed by atoms with E-state index in [-0.39, 0.29) is 23.5 Å². The van der Waals surface area contributed by atoms with Crippen LogP contribution in [0.4, 0.5) is 15.8 Å². The number of carbonyl (C=O) groups is 2. The molecule has 2 fully saturated rings. The molecular formula is C22H24FN3O2. The third kappa shape index (κ3) is 4.32. The van der Waals surface area contributed by atoms with Gasteiger partial charge in [-0.1, -0.05) is 12.1 Å². The molecule has 1 saturated heterocycles. The van der Waals surface area contributed by atoms with Crippen LogP contribution in [0, 0.1) is 11.7 Å². The minimum absolute atomic E-state index is 0.0200. The van der Waals surface area contributed by atoms with Gasteiger partial charge in [0, 0.05) is 36.9 Å². The molecule has 4 rings (SSSR count). The van der Waals surface area contributed by atoms with Crippen LogP contribution >= 0.6 is 0 Å². The van der Waals surface area contributed by atoms with Gasteiger partial charge in [0.05, 0.1) is 5.56 Å². The Bertz CT molecular complexity index is 872. The monoisotopic (exact) mass is 381 g/mol. The number of benzene rings is 2. The predicted molar refractivity (Wildman–Crippen MR) is 107 cm³/mol. The standard InChI is InChI=1S/C22H24FN3O2/c23-17-7-3-15(4-8-17)14-24-22(28)19-13-18(25-21(27)16-5-6-16)9-10-20(19)26-11-1-2-12-26/h3-4,7-10,13,16H,1-2,5-6,11-12,14H2,(H,24,28)(H,25,27). The average molecular weight is 381 g/mol. The smallest absolute Gasteiger partial charge is 0.253 e. The fourth-order valence-electron chi connectivity index (χ4n) is 3.50. The number of anilines is 2. The van der Waals surface area contributed by atoms with Crippen molar-refractivity contribution in [1.29, 1.82) is 0 Å². The highest BCUT2D eigenvalue weighted by atomic mass is 19.1. The molecule has 2 aromatic carbocycles. The van der Waals surface area contributed by atoms with E-state index >= 15 is 0 Å². The van der Waals surface area contributed by atoms with Gasteiger partial charge in [0.15, 0.2) is 0 Å². The van der Waals surface area contributed by atoms with E-state index in [4.69, 9.17) is 0 Å². The van der Waals surface area contributed by atoms with Crippen LogP contribution < -0.4 is 15.5 Å². The van der Waals surface area contributed by atoms with E-state index in [0.717, 1.165) is 50.0 Å². The number of carbonyl (C=O) groups excluding carboxylic acids is 2. The second kappa shape index (κ2) is 8.00. The van der Waals surface area contributed by atoms with E-state index in [2.05, 4.69) is 15.5 Å². The van der Waals surface area contributed by atoms with Crippen LogP contribution in [0.15, 0.2) is 42.5 Å². The Kier molecular flexibility index (Phi) is 5.28. The molecule has 146 valence electrons. The molecule has 1 saturated carbocycles. The van der Waals surface area contributed by atoms with Crippen molar-refractivity contribution in [3.8, 4) is 0 Å². The van der Waals surface area contributed by atoms with Crippen LogP contribution in [0.25, 0.3) is 0 Å². The lowest BCUT2D eigenvalue weighted by atomic mass is 10.1. The first kappa shape index (κ1) is 18.5. The molecular weight excluding hydrogens is 357 g/mol. The maximum Gasteiger partial charge on any atom is 0.253 e. The van der Waals surface area contributed by atoms with Crippen LogP contribution in [-0.2, 0) is 11.3 Å². The van der Waals surface area contributed by atoms with Gasteiger partial charge >= 0.3 is 0 Å². The van der Waals surface area contributed by atoms with Gasteiger partial charge in [-0.2, -0.15) is 0 Å². The first-order valence-electron chi connectivity index (χ1n) is 9.82. The first-order valence-corrected chi connectivity index (χ1v) is 9.82. The molecule has 28 heavy (non-hydrogen) atoms. The highest BCUT2D eigenvalue weighted by Gasteiger charge is 2.30. The third-order valence-electron chi connectivity index (χ3n) is 5.27. The molecule has 0 atom stereocenters. The molecule has 2 aliphatic rings. The summed E-state index contributed by atoms with van der Waals surface area (Å²) in [5.41, 5.74) is 2.92. The molecule has 0 aromatic heterocycles. The van der Waals surface area contributed by atoms with Crippen molar-refractivity contribution in [2.45, 2.75) is 32.2 Å². The maximum absolute atomic E-state index is 13.1. The second-order valence-corrected chi connectivity index (χ2v) is 7.50. The van der Waals surface area contributed by atoms with Crippen molar-refractivity contribution in [2.24, 2.45) is 5.92 Å². The number of amides is 2. The van der Waals surface area contributed by atoms with Crippen LogP contribution in [0.1, 0.15) is 41.6 Å².